The molecule has 0 bridgehead atoms. The predicted octanol–water partition coefficient (Wildman–Crippen LogP) is 5.00. The van der Waals surface area contributed by atoms with Gasteiger partial charge in [-0.25, -0.2) is 13.5 Å². The lowest BCUT2D eigenvalue weighted by Crippen LogP contribution is -2.32. The lowest BCUT2D eigenvalue weighted by atomic mass is 10.0. The number of nitrogens with one attached hydrogen (secondary N) is 1. The quantitative estimate of drug-likeness (QED) is 0.565. The van der Waals surface area contributed by atoms with Crippen molar-refractivity contribution in [3.05, 3.63) is 65.7 Å². The first kappa shape index (κ1) is 21.5. The van der Waals surface area contributed by atoms with E-state index in [1.165, 1.54) is 10.7 Å². The SMILES string of the molecule is CC[C@H](C)NC(=O)CCc1c(-c2ccccc2)nn(C)c1Oc1ccc(F)cc1F. The molecule has 1 heterocycles. The summed E-state index contributed by atoms with van der Waals surface area (Å²) in [5.74, 6) is -1.36. The largest absolute Gasteiger partial charge is 0.436 e. The monoisotopic (exact) mass is 413 g/mol. The van der Waals surface area contributed by atoms with E-state index in [0.29, 0.717) is 23.6 Å². The maximum Gasteiger partial charge on any atom is 0.221 e. The number of hydrogen-bond acceptors (Lipinski definition) is 3. The molecule has 0 saturated heterocycles. The van der Waals surface area contributed by atoms with Gasteiger partial charge in [0.2, 0.25) is 11.8 Å². The molecule has 0 aliphatic heterocycles. The third-order valence-corrected chi connectivity index (χ3v) is 4.86. The molecule has 1 amide bonds. The van der Waals surface area contributed by atoms with Crippen molar-refractivity contribution in [1.82, 2.24) is 15.1 Å². The molecule has 30 heavy (non-hydrogen) atoms. The van der Waals surface area contributed by atoms with E-state index in [-0.39, 0.29) is 24.1 Å². The first-order chi connectivity index (χ1) is 14.4. The molecule has 5 nitrogen and oxygen atoms in total. The van der Waals surface area contributed by atoms with E-state index in [9.17, 15) is 13.6 Å². The van der Waals surface area contributed by atoms with Gasteiger partial charge in [-0.05, 0) is 31.9 Å². The van der Waals surface area contributed by atoms with Gasteiger partial charge in [-0.2, -0.15) is 5.10 Å². The Labute approximate surface area is 174 Å². The molecule has 0 fully saturated rings. The van der Waals surface area contributed by atoms with Crippen LogP contribution in [0.1, 0.15) is 32.3 Å². The second-order valence-electron chi connectivity index (χ2n) is 7.18. The topological polar surface area (TPSA) is 56.2 Å². The third-order valence-electron chi connectivity index (χ3n) is 4.86. The summed E-state index contributed by atoms with van der Waals surface area (Å²) in [5.41, 5.74) is 2.21. The van der Waals surface area contributed by atoms with Crippen LogP contribution in [0, 0.1) is 11.6 Å². The van der Waals surface area contributed by atoms with Gasteiger partial charge in [0.25, 0.3) is 0 Å². The molecule has 3 aromatic rings. The van der Waals surface area contributed by atoms with E-state index in [1.807, 2.05) is 44.2 Å². The van der Waals surface area contributed by atoms with E-state index < -0.39 is 11.6 Å². The molecule has 2 aromatic carbocycles. The molecule has 3 rings (SSSR count). The van der Waals surface area contributed by atoms with E-state index in [2.05, 4.69) is 10.4 Å². The van der Waals surface area contributed by atoms with Crippen molar-refractivity contribution in [2.24, 2.45) is 7.05 Å². The summed E-state index contributed by atoms with van der Waals surface area (Å²) >= 11 is 0. The Hall–Kier alpha value is -3.22. The van der Waals surface area contributed by atoms with Crippen molar-refractivity contribution < 1.29 is 18.3 Å². The molecule has 0 radical (unpaired) electrons. The third kappa shape index (κ3) is 5.03. The molecule has 0 saturated carbocycles. The smallest absolute Gasteiger partial charge is 0.221 e. The molecular formula is C23H25F2N3O2. The first-order valence-corrected chi connectivity index (χ1v) is 9.92. The number of amides is 1. The summed E-state index contributed by atoms with van der Waals surface area (Å²) in [6, 6.07) is 12.7. The number of carbonyl (C=O) groups excluding carboxylic acids is 1. The molecule has 0 unspecified atom stereocenters. The van der Waals surface area contributed by atoms with Gasteiger partial charge in [-0.3, -0.25) is 4.79 Å². The number of halogens is 2. The second-order valence-corrected chi connectivity index (χ2v) is 7.18. The summed E-state index contributed by atoms with van der Waals surface area (Å²) < 4.78 is 34.7. The van der Waals surface area contributed by atoms with E-state index >= 15 is 0 Å². The van der Waals surface area contributed by atoms with Crippen molar-refractivity contribution in [3.8, 4) is 22.9 Å². The highest BCUT2D eigenvalue weighted by Gasteiger charge is 2.22. The van der Waals surface area contributed by atoms with Gasteiger partial charge >= 0.3 is 0 Å². The molecule has 158 valence electrons. The number of aryl methyl sites for hydroxylation is 1. The van der Waals surface area contributed by atoms with Gasteiger partial charge in [0, 0.05) is 36.7 Å². The maximum atomic E-state index is 14.2. The zero-order chi connectivity index (χ0) is 21.7. The van der Waals surface area contributed by atoms with Gasteiger partial charge in [-0.15, -0.1) is 0 Å². The normalized spacial score (nSPS) is 11.9. The Balaban J connectivity index is 1.95. The van der Waals surface area contributed by atoms with Crippen LogP contribution in [0.25, 0.3) is 11.3 Å². The summed E-state index contributed by atoms with van der Waals surface area (Å²) in [6.45, 7) is 3.95. The molecule has 0 aliphatic carbocycles. The highest BCUT2D eigenvalue weighted by Crippen LogP contribution is 2.35. The summed E-state index contributed by atoms with van der Waals surface area (Å²) in [7, 11) is 1.69. The van der Waals surface area contributed by atoms with Crippen molar-refractivity contribution in [2.75, 3.05) is 0 Å². The fourth-order valence-corrected chi connectivity index (χ4v) is 3.08. The van der Waals surface area contributed by atoms with E-state index in [1.54, 1.807) is 7.05 Å². The van der Waals surface area contributed by atoms with Gasteiger partial charge in [0.15, 0.2) is 11.6 Å². The van der Waals surface area contributed by atoms with E-state index in [0.717, 1.165) is 24.1 Å². The lowest BCUT2D eigenvalue weighted by molar-refractivity contribution is -0.121. The average Bonchev–Trinajstić information content (AvgIpc) is 3.04. The number of rotatable bonds is 8. The van der Waals surface area contributed by atoms with Crippen LogP contribution in [0.15, 0.2) is 48.5 Å². The number of hydrogen-bond donors (Lipinski definition) is 1. The Morgan fingerprint density at radius 2 is 1.93 bits per heavy atom. The minimum Gasteiger partial charge on any atom is -0.436 e. The van der Waals surface area contributed by atoms with Gasteiger partial charge < -0.3 is 10.1 Å². The number of aromatic nitrogens is 2. The molecular weight excluding hydrogens is 388 g/mol. The molecule has 7 heteroatoms. The van der Waals surface area contributed by atoms with Crippen molar-refractivity contribution >= 4 is 5.91 Å². The van der Waals surface area contributed by atoms with Crippen LogP contribution in [0.4, 0.5) is 8.78 Å². The van der Waals surface area contributed by atoms with Gasteiger partial charge in [0.1, 0.15) is 5.82 Å². The Morgan fingerprint density at radius 1 is 1.20 bits per heavy atom. The Bertz CT molecular complexity index is 1020. The lowest BCUT2D eigenvalue weighted by Gasteiger charge is -2.12. The number of carbonyl (C=O) groups is 1. The fourth-order valence-electron chi connectivity index (χ4n) is 3.08. The minimum absolute atomic E-state index is 0.0777. The van der Waals surface area contributed by atoms with Crippen LogP contribution in [-0.2, 0) is 18.3 Å². The van der Waals surface area contributed by atoms with Gasteiger partial charge in [-0.1, -0.05) is 37.3 Å². The van der Waals surface area contributed by atoms with Crippen LogP contribution in [0.2, 0.25) is 0 Å². The highest BCUT2D eigenvalue weighted by atomic mass is 19.1. The maximum absolute atomic E-state index is 14.2. The van der Waals surface area contributed by atoms with Crippen LogP contribution in [0.5, 0.6) is 11.6 Å². The molecule has 0 spiro atoms. The van der Waals surface area contributed by atoms with Gasteiger partial charge in [0.05, 0.1) is 5.69 Å². The van der Waals surface area contributed by atoms with Crippen LogP contribution < -0.4 is 10.1 Å². The first-order valence-electron chi connectivity index (χ1n) is 9.92. The standard InChI is InChI=1S/C23H25F2N3O2/c1-4-15(2)26-21(29)13-11-18-22(16-8-6-5-7-9-16)27-28(3)23(18)30-20-12-10-17(24)14-19(20)25/h5-10,12,14-15H,4,11,13H2,1-3H3,(H,26,29)/t15-/m0/s1. The van der Waals surface area contributed by atoms with Crippen LogP contribution in [-0.4, -0.2) is 21.7 Å². The number of benzene rings is 2. The predicted molar refractivity (Wildman–Crippen MR) is 111 cm³/mol. The summed E-state index contributed by atoms with van der Waals surface area (Å²) in [5, 5.41) is 7.48. The molecule has 1 atom stereocenters. The van der Waals surface area contributed by atoms with Crippen LogP contribution in [0.3, 0.4) is 0 Å². The molecule has 1 aromatic heterocycles. The number of nitrogens with zero attached hydrogens (tertiary/aromatic N) is 2. The van der Waals surface area contributed by atoms with Crippen molar-refractivity contribution in [2.45, 2.75) is 39.2 Å². The fraction of sp³-hybridized carbons (Fsp3) is 0.304. The van der Waals surface area contributed by atoms with E-state index in [4.69, 9.17) is 4.74 Å². The summed E-state index contributed by atoms with van der Waals surface area (Å²) in [4.78, 5) is 12.3. The number of ether oxygens (including phenoxy) is 1. The highest BCUT2D eigenvalue weighted by molar-refractivity contribution is 5.77. The molecule has 0 aliphatic rings. The zero-order valence-corrected chi connectivity index (χ0v) is 17.3. The summed E-state index contributed by atoms with van der Waals surface area (Å²) in [6.07, 6.45) is 1.43. The second kappa shape index (κ2) is 9.52. The zero-order valence-electron chi connectivity index (χ0n) is 17.3. The van der Waals surface area contributed by atoms with Crippen molar-refractivity contribution in [3.63, 3.8) is 0 Å². The Morgan fingerprint density at radius 3 is 2.60 bits per heavy atom. The average molecular weight is 413 g/mol. The van der Waals surface area contributed by atoms with Crippen molar-refractivity contribution in [1.29, 1.82) is 0 Å². The Kier molecular flexibility index (Phi) is 6.82. The molecule has 1 N–H and O–H groups in total. The van der Waals surface area contributed by atoms with Crippen LogP contribution >= 0.6 is 0 Å². The minimum atomic E-state index is -0.807.